The number of para-hydroxylation sites is 1. The Hall–Kier alpha value is -3.09. The van der Waals surface area contributed by atoms with Crippen molar-refractivity contribution in [3.8, 4) is 0 Å². The second-order valence-corrected chi connectivity index (χ2v) is 9.45. The highest BCUT2D eigenvalue weighted by atomic mass is 35.5. The number of hydrogen-bond acceptors (Lipinski definition) is 4. The molecule has 0 bridgehead atoms. The molecule has 3 aromatic carbocycles. The van der Waals surface area contributed by atoms with E-state index in [1.165, 1.54) is 16.1 Å². The fraction of sp³-hybridized carbons (Fsp3) is 0.125. The monoisotopic (exact) mass is 452 g/mol. The SMILES string of the molecule is CCc1ccc(N/C=C2\C(=O)c3ccccc3N(Cc3ccc(Cl)cc3)S2(=O)=O)cc1. The van der Waals surface area contributed by atoms with Crippen LogP contribution in [0.5, 0.6) is 0 Å². The Balaban J connectivity index is 1.74. The molecule has 5 nitrogen and oxygen atoms in total. The van der Waals surface area contributed by atoms with Crippen LogP contribution in [0.25, 0.3) is 0 Å². The number of ketones is 1. The Morgan fingerprint density at radius 3 is 2.26 bits per heavy atom. The minimum atomic E-state index is -4.07. The lowest BCUT2D eigenvalue weighted by molar-refractivity contribution is 0.104. The number of Topliss-reactive ketones (excluding diaryl/α,β-unsaturated/α-hetero) is 1. The van der Waals surface area contributed by atoms with Gasteiger partial charge in [-0.25, -0.2) is 8.42 Å². The van der Waals surface area contributed by atoms with E-state index >= 15 is 0 Å². The standard InChI is InChI=1S/C24H21ClN2O3S/c1-2-17-9-13-20(14-10-17)26-15-23-24(28)21-5-3-4-6-22(21)27(31(23,29)30)16-18-7-11-19(25)12-8-18/h3-15,26H,2,16H2,1H3/b23-15+. The number of sulfonamides is 1. The maximum atomic E-state index is 13.4. The van der Waals surface area contributed by atoms with E-state index in [4.69, 9.17) is 11.6 Å². The van der Waals surface area contributed by atoms with Crippen molar-refractivity contribution in [2.24, 2.45) is 0 Å². The molecule has 0 aliphatic carbocycles. The summed E-state index contributed by atoms with van der Waals surface area (Å²) in [6.45, 7) is 2.15. The maximum absolute atomic E-state index is 13.4. The molecule has 3 aromatic rings. The van der Waals surface area contributed by atoms with Gasteiger partial charge in [0.15, 0.2) is 4.91 Å². The van der Waals surface area contributed by atoms with E-state index in [1.807, 2.05) is 24.3 Å². The molecule has 1 aliphatic rings. The second-order valence-electron chi connectivity index (χ2n) is 7.19. The third-order valence-corrected chi connectivity index (χ3v) is 7.20. The number of aryl methyl sites for hydroxylation is 1. The van der Waals surface area contributed by atoms with Crippen LogP contribution >= 0.6 is 11.6 Å². The van der Waals surface area contributed by atoms with Gasteiger partial charge in [-0.15, -0.1) is 0 Å². The first kappa shape index (κ1) is 21.2. The van der Waals surface area contributed by atoms with Crippen LogP contribution in [0.3, 0.4) is 0 Å². The highest BCUT2D eigenvalue weighted by Gasteiger charge is 2.40. The van der Waals surface area contributed by atoms with Crippen molar-refractivity contribution in [1.82, 2.24) is 0 Å². The molecule has 0 atom stereocenters. The van der Waals surface area contributed by atoms with E-state index in [0.29, 0.717) is 22.0 Å². The fourth-order valence-corrected chi connectivity index (χ4v) is 5.09. The lowest BCUT2D eigenvalue weighted by atomic mass is 10.1. The Kier molecular flexibility index (Phi) is 5.85. The Morgan fingerprint density at radius 2 is 1.58 bits per heavy atom. The predicted molar refractivity (Wildman–Crippen MR) is 125 cm³/mol. The summed E-state index contributed by atoms with van der Waals surface area (Å²) in [5.74, 6) is -0.527. The van der Waals surface area contributed by atoms with Gasteiger partial charge in [-0.1, -0.05) is 54.9 Å². The molecule has 0 fully saturated rings. The third-order valence-electron chi connectivity index (χ3n) is 5.18. The topological polar surface area (TPSA) is 66.5 Å². The van der Waals surface area contributed by atoms with Crippen LogP contribution in [0.15, 0.2) is 83.9 Å². The zero-order chi connectivity index (χ0) is 22.0. The van der Waals surface area contributed by atoms with Crippen LogP contribution in [-0.2, 0) is 23.0 Å². The number of carbonyl (C=O) groups is 1. The molecule has 0 spiro atoms. The van der Waals surface area contributed by atoms with Crippen molar-refractivity contribution in [1.29, 1.82) is 0 Å². The van der Waals surface area contributed by atoms with Crippen molar-refractivity contribution < 1.29 is 13.2 Å². The number of carbonyl (C=O) groups excluding carboxylic acids is 1. The number of nitrogens with one attached hydrogen (secondary N) is 1. The maximum Gasteiger partial charge on any atom is 0.270 e. The van der Waals surface area contributed by atoms with Crippen LogP contribution in [0.4, 0.5) is 11.4 Å². The minimum Gasteiger partial charge on any atom is -0.360 e. The molecule has 0 saturated heterocycles. The average Bonchev–Trinajstić information content (AvgIpc) is 2.78. The molecule has 7 heteroatoms. The molecule has 31 heavy (non-hydrogen) atoms. The molecule has 0 aromatic heterocycles. The van der Waals surface area contributed by atoms with E-state index < -0.39 is 15.8 Å². The normalized spacial score (nSPS) is 16.3. The van der Waals surface area contributed by atoms with Crippen LogP contribution in [0.1, 0.15) is 28.4 Å². The number of anilines is 2. The van der Waals surface area contributed by atoms with Crippen molar-refractivity contribution in [3.63, 3.8) is 0 Å². The number of halogens is 1. The average molecular weight is 453 g/mol. The van der Waals surface area contributed by atoms with Crippen LogP contribution in [0, 0.1) is 0 Å². The van der Waals surface area contributed by atoms with Gasteiger partial charge in [0, 0.05) is 22.5 Å². The van der Waals surface area contributed by atoms with Crippen molar-refractivity contribution in [3.05, 3.63) is 106 Å². The summed E-state index contributed by atoms with van der Waals surface area (Å²) in [6.07, 6.45) is 2.19. The van der Waals surface area contributed by atoms with Crippen LogP contribution in [-0.4, -0.2) is 14.2 Å². The lowest BCUT2D eigenvalue weighted by Crippen LogP contribution is -2.39. The molecule has 1 heterocycles. The molecule has 1 aliphatic heterocycles. The number of nitrogens with zero attached hydrogens (tertiary/aromatic N) is 1. The number of hydrogen-bond donors (Lipinski definition) is 1. The highest BCUT2D eigenvalue weighted by molar-refractivity contribution is 7.97. The molecule has 1 N–H and O–H groups in total. The Labute approximate surface area is 187 Å². The first-order valence-electron chi connectivity index (χ1n) is 9.86. The summed E-state index contributed by atoms with van der Waals surface area (Å²) in [4.78, 5) is 12.8. The Morgan fingerprint density at radius 1 is 0.935 bits per heavy atom. The summed E-state index contributed by atoms with van der Waals surface area (Å²) >= 11 is 5.96. The van der Waals surface area contributed by atoms with Crippen molar-refractivity contribution in [2.45, 2.75) is 19.9 Å². The molecule has 0 amide bonds. The summed E-state index contributed by atoms with van der Waals surface area (Å²) in [5, 5.41) is 3.54. The van der Waals surface area contributed by atoms with E-state index in [1.54, 1.807) is 48.5 Å². The summed E-state index contributed by atoms with van der Waals surface area (Å²) < 4.78 is 28.2. The van der Waals surface area contributed by atoms with Gasteiger partial charge in [0.2, 0.25) is 5.78 Å². The van der Waals surface area contributed by atoms with Gasteiger partial charge < -0.3 is 5.32 Å². The molecule has 0 saturated carbocycles. The van der Waals surface area contributed by atoms with Crippen molar-refractivity contribution in [2.75, 3.05) is 9.62 Å². The predicted octanol–water partition coefficient (Wildman–Crippen LogP) is 5.39. The smallest absolute Gasteiger partial charge is 0.270 e. The van der Waals surface area contributed by atoms with Crippen molar-refractivity contribution >= 4 is 38.8 Å². The second kappa shape index (κ2) is 8.57. The number of fused-ring (bicyclic) bond motifs is 1. The number of benzene rings is 3. The molecular formula is C24H21ClN2O3S. The fourth-order valence-electron chi connectivity index (χ4n) is 3.43. The lowest BCUT2D eigenvalue weighted by Gasteiger charge is -2.31. The van der Waals surface area contributed by atoms with Gasteiger partial charge in [-0.2, -0.15) is 0 Å². The van der Waals surface area contributed by atoms with Crippen LogP contribution in [0.2, 0.25) is 5.02 Å². The zero-order valence-corrected chi connectivity index (χ0v) is 18.5. The van der Waals surface area contributed by atoms with E-state index in [0.717, 1.165) is 12.0 Å². The number of rotatable bonds is 5. The largest absolute Gasteiger partial charge is 0.360 e. The molecule has 0 unspecified atom stereocenters. The first-order chi connectivity index (χ1) is 14.9. The van der Waals surface area contributed by atoms with Gasteiger partial charge in [-0.05, 0) is 53.9 Å². The molecule has 4 rings (SSSR count). The van der Waals surface area contributed by atoms with Gasteiger partial charge in [0.25, 0.3) is 10.0 Å². The quantitative estimate of drug-likeness (QED) is 0.527. The third kappa shape index (κ3) is 4.22. The van der Waals surface area contributed by atoms with E-state index in [2.05, 4.69) is 12.2 Å². The molecule has 158 valence electrons. The van der Waals surface area contributed by atoms with Crippen LogP contribution < -0.4 is 9.62 Å². The molecular weight excluding hydrogens is 432 g/mol. The minimum absolute atomic E-state index is 0.0896. The van der Waals surface area contributed by atoms with E-state index in [9.17, 15) is 13.2 Å². The van der Waals surface area contributed by atoms with Gasteiger partial charge >= 0.3 is 0 Å². The Bertz CT molecular complexity index is 1250. The summed E-state index contributed by atoms with van der Waals surface area (Å²) in [7, 11) is -4.07. The number of allylic oxidation sites excluding steroid dienone is 1. The highest BCUT2D eigenvalue weighted by Crippen LogP contribution is 2.36. The van der Waals surface area contributed by atoms with E-state index in [-0.39, 0.29) is 11.4 Å². The summed E-state index contributed by atoms with van der Waals surface area (Å²) in [6, 6.07) is 21.3. The molecule has 0 radical (unpaired) electrons. The van der Waals surface area contributed by atoms with Gasteiger partial charge in [0.1, 0.15) is 0 Å². The zero-order valence-electron chi connectivity index (χ0n) is 16.9. The van der Waals surface area contributed by atoms with Gasteiger partial charge in [0.05, 0.1) is 12.2 Å². The first-order valence-corrected chi connectivity index (χ1v) is 11.7. The summed E-state index contributed by atoms with van der Waals surface area (Å²) in [5.41, 5.74) is 3.35. The van der Waals surface area contributed by atoms with Gasteiger partial charge in [-0.3, -0.25) is 9.10 Å².